The lowest BCUT2D eigenvalue weighted by Crippen LogP contribution is -2.41. The highest BCUT2D eigenvalue weighted by Crippen LogP contribution is 2.12. The van der Waals surface area contributed by atoms with Gasteiger partial charge in [0.1, 0.15) is 6.04 Å². The van der Waals surface area contributed by atoms with Gasteiger partial charge in [0.15, 0.2) is 0 Å². The number of hydrogen-bond acceptors (Lipinski definition) is 3. The molecule has 0 spiro atoms. The zero-order chi connectivity index (χ0) is 15.2. The predicted octanol–water partition coefficient (Wildman–Crippen LogP) is 2.46. The number of nitrogens with zero attached hydrogens (tertiary/aromatic N) is 2. The Morgan fingerprint density at radius 3 is 2.86 bits per heavy atom. The van der Waals surface area contributed by atoms with Crippen LogP contribution in [0.4, 0.5) is 0 Å². The molecule has 21 heavy (non-hydrogen) atoms. The van der Waals surface area contributed by atoms with Gasteiger partial charge in [-0.3, -0.25) is 4.79 Å². The van der Waals surface area contributed by atoms with Crippen LogP contribution in [-0.2, 0) is 11.3 Å². The summed E-state index contributed by atoms with van der Waals surface area (Å²) in [5.41, 5.74) is 2.01. The Morgan fingerprint density at radius 1 is 1.43 bits per heavy atom. The molecule has 0 amide bonds. The molecule has 5 nitrogen and oxygen atoms in total. The Morgan fingerprint density at radius 2 is 2.24 bits per heavy atom. The summed E-state index contributed by atoms with van der Waals surface area (Å²) < 4.78 is 1.78. The van der Waals surface area contributed by atoms with E-state index in [2.05, 4.69) is 10.4 Å². The van der Waals surface area contributed by atoms with Crippen molar-refractivity contribution in [2.24, 2.45) is 5.92 Å². The lowest BCUT2D eigenvalue weighted by Gasteiger charge is -2.20. The molecule has 5 heteroatoms. The summed E-state index contributed by atoms with van der Waals surface area (Å²) in [5.74, 6) is -0.704. The van der Waals surface area contributed by atoms with Gasteiger partial charge in [-0.25, -0.2) is 4.68 Å². The molecule has 0 saturated carbocycles. The van der Waals surface area contributed by atoms with Gasteiger partial charge in [-0.2, -0.15) is 5.10 Å². The first-order valence-electron chi connectivity index (χ1n) is 7.17. The second-order valence-electron chi connectivity index (χ2n) is 5.20. The third-order valence-corrected chi connectivity index (χ3v) is 3.68. The maximum absolute atomic E-state index is 11.3. The SMILES string of the molecule is CC[C@H](C)[C@H](NCc1cccc(-n2cccn2)c1)C(=O)O. The number of aliphatic carboxylic acids is 1. The van der Waals surface area contributed by atoms with Crippen molar-refractivity contribution in [3.05, 3.63) is 48.3 Å². The standard InChI is InChI=1S/C16H21N3O2/c1-3-12(2)15(16(20)21)17-11-13-6-4-7-14(10-13)19-9-5-8-18-19/h4-10,12,15,17H,3,11H2,1-2H3,(H,20,21)/t12-,15-/m0/s1. The van der Waals surface area contributed by atoms with Crippen molar-refractivity contribution in [2.45, 2.75) is 32.9 Å². The maximum Gasteiger partial charge on any atom is 0.320 e. The summed E-state index contributed by atoms with van der Waals surface area (Å²) in [6, 6.07) is 9.26. The molecule has 0 saturated heterocycles. The normalized spacial score (nSPS) is 13.8. The van der Waals surface area contributed by atoms with E-state index in [0.717, 1.165) is 17.7 Å². The molecule has 2 N–H and O–H groups in total. The van der Waals surface area contributed by atoms with Crippen LogP contribution < -0.4 is 5.32 Å². The van der Waals surface area contributed by atoms with E-state index in [-0.39, 0.29) is 5.92 Å². The van der Waals surface area contributed by atoms with Gasteiger partial charge >= 0.3 is 5.97 Å². The summed E-state index contributed by atoms with van der Waals surface area (Å²) in [6.45, 7) is 4.48. The van der Waals surface area contributed by atoms with E-state index in [1.807, 2.05) is 50.4 Å². The van der Waals surface area contributed by atoms with Crippen LogP contribution in [0.15, 0.2) is 42.7 Å². The quantitative estimate of drug-likeness (QED) is 0.821. The number of rotatable bonds is 7. The summed E-state index contributed by atoms with van der Waals surface area (Å²) >= 11 is 0. The van der Waals surface area contributed by atoms with E-state index in [0.29, 0.717) is 6.54 Å². The van der Waals surface area contributed by atoms with E-state index in [1.54, 1.807) is 10.9 Å². The van der Waals surface area contributed by atoms with Crippen LogP contribution in [0.3, 0.4) is 0 Å². The van der Waals surface area contributed by atoms with E-state index in [1.165, 1.54) is 0 Å². The monoisotopic (exact) mass is 287 g/mol. The highest BCUT2D eigenvalue weighted by molar-refractivity contribution is 5.73. The van der Waals surface area contributed by atoms with Crippen LogP contribution in [0, 0.1) is 5.92 Å². The van der Waals surface area contributed by atoms with Crippen LogP contribution in [0.1, 0.15) is 25.8 Å². The third kappa shape index (κ3) is 3.92. The van der Waals surface area contributed by atoms with Crippen LogP contribution >= 0.6 is 0 Å². The summed E-state index contributed by atoms with van der Waals surface area (Å²) in [6.07, 6.45) is 4.44. The first-order valence-corrected chi connectivity index (χ1v) is 7.17. The predicted molar refractivity (Wildman–Crippen MR) is 81.3 cm³/mol. The van der Waals surface area contributed by atoms with Gasteiger partial charge in [0.05, 0.1) is 5.69 Å². The largest absolute Gasteiger partial charge is 0.480 e. The average molecular weight is 287 g/mol. The molecular formula is C16H21N3O2. The van der Waals surface area contributed by atoms with E-state index < -0.39 is 12.0 Å². The molecule has 0 aliphatic rings. The van der Waals surface area contributed by atoms with Crippen molar-refractivity contribution in [3.63, 3.8) is 0 Å². The second-order valence-corrected chi connectivity index (χ2v) is 5.20. The Balaban J connectivity index is 2.06. The maximum atomic E-state index is 11.3. The topological polar surface area (TPSA) is 67.2 Å². The fourth-order valence-corrected chi connectivity index (χ4v) is 2.23. The molecule has 0 aliphatic heterocycles. The smallest absolute Gasteiger partial charge is 0.320 e. The first-order chi connectivity index (χ1) is 10.1. The highest BCUT2D eigenvalue weighted by Gasteiger charge is 2.22. The van der Waals surface area contributed by atoms with Crippen LogP contribution in [0.2, 0.25) is 0 Å². The zero-order valence-electron chi connectivity index (χ0n) is 12.4. The molecule has 2 rings (SSSR count). The number of hydrogen-bond donors (Lipinski definition) is 2. The molecule has 0 bridgehead atoms. The summed E-state index contributed by atoms with van der Waals surface area (Å²) in [4.78, 5) is 11.3. The fraction of sp³-hybridized carbons (Fsp3) is 0.375. The lowest BCUT2D eigenvalue weighted by atomic mass is 9.99. The Kier molecular flexibility index (Phi) is 5.11. The van der Waals surface area contributed by atoms with Crippen molar-refractivity contribution in [2.75, 3.05) is 0 Å². The van der Waals surface area contributed by atoms with Gasteiger partial charge in [-0.1, -0.05) is 32.4 Å². The molecule has 0 radical (unpaired) electrons. The lowest BCUT2D eigenvalue weighted by molar-refractivity contribution is -0.140. The molecule has 0 fully saturated rings. The molecule has 2 atom stereocenters. The van der Waals surface area contributed by atoms with Gasteiger partial charge in [0.25, 0.3) is 0 Å². The van der Waals surface area contributed by atoms with Gasteiger partial charge in [0, 0.05) is 18.9 Å². The van der Waals surface area contributed by atoms with Crippen LogP contribution in [-0.4, -0.2) is 26.9 Å². The van der Waals surface area contributed by atoms with E-state index >= 15 is 0 Å². The minimum atomic E-state index is -0.799. The Labute approximate surface area is 124 Å². The van der Waals surface area contributed by atoms with Crippen molar-refractivity contribution >= 4 is 5.97 Å². The number of carboxylic acids is 1. The molecule has 1 aromatic heterocycles. The van der Waals surface area contributed by atoms with Crippen LogP contribution in [0.5, 0.6) is 0 Å². The fourth-order valence-electron chi connectivity index (χ4n) is 2.23. The van der Waals surface area contributed by atoms with Gasteiger partial charge < -0.3 is 10.4 Å². The zero-order valence-corrected chi connectivity index (χ0v) is 12.4. The van der Waals surface area contributed by atoms with Gasteiger partial charge in [0.2, 0.25) is 0 Å². The third-order valence-electron chi connectivity index (χ3n) is 3.68. The Bertz CT molecular complexity index is 581. The highest BCUT2D eigenvalue weighted by atomic mass is 16.4. The number of carbonyl (C=O) groups is 1. The number of nitrogens with one attached hydrogen (secondary N) is 1. The molecule has 1 heterocycles. The minimum Gasteiger partial charge on any atom is -0.480 e. The molecule has 0 aliphatic carbocycles. The summed E-state index contributed by atoms with van der Waals surface area (Å²) in [7, 11) is 0. The molecule has 0 unspecified atom stereocenters. The van der Waals surface area contributed by atoms with Crippen molar-refractivity contribution in [1.29, 1.82) is 0 Å². The molecule has 112 valence electrons. The average Bonchev–Trinajstić information content (AvgIpc) is 3.01. The van der Waals surface area contributed by atoms with Gasteiger partial charge in [-0.15, -0.1) is 0 Å². The molecular weight excluding hydrogens is 266 g/mol. The summed E-state index contributed by atoms with van der Waals surface area (Å²) in [5, 5.41) is 16.6. The van der Waals surface area contributed by atoms with Gasteiger partial charge in [-0.05, 0) is 29.7 Å². The number of carboxylic acid groups (broad SMARTS) is 1. The molecule has 2 aromatic rings. The molecule has 1 aromatic carbocycles. The van der Waals surface area contributed by atoms with E-state index in [4.69, 9.17) is 0 Å². The number of aromatic nitrogens is 2. The van der Waals surface area contributed by atoms with Crippen molar-refractivity contribution in [3.8, 4) is 5.69 Å². The Hall–Kier alpha value is -2.14. The minimum absolute atomic E-state index is 0.0943. The van der Waals surface area contributed by atoms with Crippen molar-refractivity contribution in [1.82, 2.24) is 15.1 Å². The number of benzene rings is 1. The first kappa shape index (κ1) is 15.3. The van der Waals surface area contributed by atoms with Crippen molar-refractivity contribution < 1.29 is 9.90 Å². The second kappa shape index (κ2) is 7.04. The van der Waals surface area contributed by atoms with Crippen LogP contribution in [0.25, 0.3) is 5.69 Å². The van der Waals surface area contributed by atoms with E-state index in [9.17, 15) is 9.90 Å².